The Morgan fingerprint density at radius 2 is 1.73 bits per heavy atom. The monoisotopic (exact) mass is 244 g/mol. The minimum Gasteiger partial charge on any atom is -0.212 e. The molecular formula is C11H16O2S2. The van der Waals surface area contributed by atoms with Crippen LogP contribution < -0.4 is 0 Å². The molecule has 0 heterocycles. The molecule has 0 spiro atoms. The number of hydrogen-bond acceptors (Lipinski definition) is 3. The summed E-state index contributed by atoms with van der Waals surface area (Å²) in [7, 11) is -2.14. The number of benzene rings is 1. The molecule has 15 heavy (non-hydrogen) atoms. The fourth-order valence-corrected chi connectivity index (χ4v) is 4.15. The largest absolute Gasteiger partial charge is 0.230 e. The summed E-state index contributed by atoms with van der Waals surface area (Å²) in [5.41, 5.74) is 1.07. The van der Waals surface area contributed by atoms with Crippen LogP contribution in [0, 0.1) is 12.8 Å². The lowest BCUT2D eigenvalue weighted by atomic mass is 10.2. The second-order valence-electron chi connectivity index (χ2n) is 3.95. The maximum atomic E-state index is 11.8. The SMILES string of the molecule is Cc1ccc(S(=O)(=O)SCC(C)C)cc1. The molecule has 0 aliphatic heterocycles. The quantitative estimate of drug-likeness (QED) is 0.763. The topological polar surface area (TPSA) is 34.1 Å². The number of hydrogen-bond donors (Lipinski definition) is 0. The Kier molecular flexibility index (Phi) is 4.22. The van der Waals surface area contributed by atoms with Crippen LogP contribution in [0.3, 0.4) is 0 Å². The highest BCUT2D eigenvalue weighted by atomic mass is 33.1. The molecule has 1 rings (SSSR count). The lowest BCUT2D eigenvalue weighted by molar-refractivity contribution is 0.610. The molecule has 0 fully saturated rings. The smallest absolute Gasteiger partial charge is 0.212 e. The van der Waals surface area contributed by atoms with Gasteiger partial charge in [0, 0.05) is 5.75 Å². The van der Waals surface area contributed by atoms with Gasteiger partial charge in [0.25, 0.3) is 0 Å². The molecule has 4 heteroatoms. The van der Waals surface area contributed by atoms with Crippen molar-refractivity contribution in [2.75, 3.05) is 5.75 Å². The van der Waals surface area contributed by atoms with Crippen LogP contribution in [0.5, 0.6) is 0 Å². The summed E-state index contributed by atoms with van der Waals surface area (Å²) in [4.78, 5) is 0.402. The first-order valence-electron chi connectivity index (χ1n) is 4.88. The Bertz CT molecular complexity index is 405. The molecule has 84 valence electrons. The zero-order valence-corrected chi connectivity index (χ0v) is 10.9. The van der Waals surface area contributed by atoms with E-state index in [1.54, 1.807) is 12.1 Å². The fraction of sp³-hybridized carbons (Fsp3) is 0.455. The summed E-state index contributed by atoms with van der Waals surface area (Å²) in [6, 6.07) is 6.97. The van der Waals surface area contributed by atoms with E-state index in [1.807, 2.05) is 32.9 Å². The van der Waals surface area contributed by atoms with Crippen LogP contribution in [0.2, 0.25) is 0 Å². The highest BCUT2D eigenvalue weighted by Crippen LogP contribution is 2.25. The third kappa shape index (κ3) is 3.87. The number of rotatable bonds is 4. The predicted octanol–water partition coefficient (Wildman–Crippen LogP) is 3.07. The first kappa shape index (κ1) is 12.6. The molecule has 0 bridgehead atoms. The molecule has 0 saturated heterocycles. The Hall–Kier alpha value is -0.480. The first-order chi connectivity index (χ1) is 6.92. The Morgan fingerprint density at radius 3 is 2.20 bits per heavy atom. The summed E-state index contributed by atoms with van der Waals surface area (Å²) in [6.45, 7) is 5.97. The Balaban J connectivity index is 2.82. The molecule has 0 radical (unpaired) electrons. The summed E-state index contributed by atoms with van der Waals surface area (Å²) >= 11 is 0. The van der Waals surface area contributed by atoms with Gasteiger partial charge in [0.1, 0.15) is 0 Å². The predicted molar refractivity (Wildman–Crippen MR) is 65.7 cm³/mol. The standard InChI is InChI=1S/C11H16O2S2/c1-9(2)8-14-15(12,13)11-6-4-10(3)5-7-11/h4-7,9H,8H2,1-3H3. The number of aryl methyl sites for hydroxylation is 1. The third-order valence-electron chi connectivity index (χ3n) is 1.87. The van der Waals surface area contributed by atoms with Gasteiger partial charge in [-0.2, -0.15) is 0 Å². The van der Waals surface area contributed by atoms with Gasteiger partial charge in [-0.1, -0.05) is 31.5 Å². The summed E-state index contributed by atoms with van der Waals surface area (Å²) in [5, 5.41) is 0. The van der Waals surface area contributed by atoms with E-state index < -0.39 is 8.87 Å². The molecule has 1 aromatic carbocycles. The maximum Gasteiger partial charge on any atom is 0.230 e. The van der Waals surface area contributed by atoms with E-state index in [4.69, 9.17) is 0 Å². The van der Waals surface area contributed by atoms with Gasteiger partial charge in [0.05, 0.1) is 4.90 Å². The molecule has 2 nitrogen and oxygen atoms in total. The summed E-state index contributed by atoms with van der Waals surface area (Å²) in [6.07, 6.45) is 0. The van der Waals surface area contributed by atoms with Crippen LogP contribution in [0.25, 0.3) is 0 Å². The molecule has 0 aliphatic rings. The van der Waals surface area contributed by atoms with Gasteiger partial charge in [0.2, 0.25) is 8.87 Å². The minimum absolute atomic E-state index is 0.384. The van der Waals surface area contributed by atoms with Gasteiger partial charge in [-0.05, 0) is 35.8 Å². The maximum absolute atomic E-state index is 11.8. The molecule has 0 aliphatic carbocycles. The van der Waals surface area contributed by atoms with E-state index >= 15 is 0 Å². The van der Waals surface area contributed by atoms with Gasteiger partial charge in [0.15, 0.2) is 0 Å². The lowest BCUT2D eigenvalue weighted by Gasteiger charge is -2.05. The van der Waals surface area contributed by atoms with Crippen molar-refractivity contribution < 1.29 is 8.42 Å². The zero-order valence-electron chi connectivity index (χ0n) is 9.23. The average molecular weight is 244 g/mol. The van der Waals surface area contributed by atoms with Crippen molar-refractivity contribution in [1.82, 2.24) is 0 Å². The van der Waals surface area contributed by atoms with Crippen LogP contribution in [-0.4, -0.2) is 14.2 Å². The van der Waals surface area contributed by atoms with Crippen LogP contribution >= 0.6 is 10.8 Å². The molecule has 0 unspecified atom stereocenters. The van der Waals surface area contributed by atoms with Gasteiger partial charge >= 0.3 is 0 Å². The van der Waals surface area contributed by atoms with Crippen molar-refractivity contribution in [2.45, 2.75) is 25.7 Å². The Labute approximate surface area is 95.4 Å². The highest BCUT2D eigenvalue weighted by molar-refractivity contribution is 8.72. The van der Waals surface area contributed by atoms with Crippen molar-refractivity contribution in [2.24, 2.45) is 5.92 Å². The van der Waals surface area contributed by atoms with E-state index in [0.717, 1.165) is 16.4 Å². The minimum atomic E-state index is -3.16. The van der Waals surface area contributed by atoms with Crippen LogP contribution in [0.1, 0.15) is 19.4 Å². The highest BCUT2D eigenvalue weighted by Gasteiger charge is 2.15. The average Bonchev–Trinajstić information content (AvgIpc) is 2.16. The summed E-state index contributed by atoms with van der Waals surface area (Å²) in [5.74, 6) is 1.02. The van der Waals surface area contributed by atoms with E-state index in [0.29, 0.717) is 16.6 Å². The van der Waals surface area contributed by atoms with Crippen LogP contribution in [0.15, 0.2) is 29.2 Å². The molecular weight excluding hydrogens is 228 g/mol. The van der Waals surface area contributed by atoms with Crippen LogP contribution in [-0.2, 0) is 8.87 Å². The fourth-order valence-electron chi connectivity index (χ4n) is 0.999. The van der Waals surface area contributed by atoms with E-state index in [-0.39, 0.29) is 0 Å². The van der Waals surface area contributed by atoms with Gasteiger partial charge in [-0.3, -0.25) is 0 Å². The van der Waals surface area contributed by atoms with Crippen molar-refractivity contribution >= 4 is 19.7 Å². The second kappa shape index (κ2) is 5.03. The second-order valence-corrected chi connectivity index (χ2v) is 7.92. The third-order valence-corrected chi connectivity index (χ3v) is 5.75. The molecule has 0 amide bonds. The molecule has 1 aromatic rings. The van der Waals surface area contributed by atoms with Gasteiger partial charge in [-0.25, -0.2) is 8.42 Å². The van der Waals surface area contributed by atoms with Crippen molar-refractivity contribution in [3.63, 3.8) is 0 Å². The van der Waals surface area contributed by atoms with E-state index in [2.05, 4.69) is 0 Å². The van der Waals surface area contributed by atoms with Gasteiger partial charge in [-0.15, -0.1) is 0 Å². The molecule has 0 N–H and O–H groups in total. The zero-order chi connectivity index (χ0) is 11.5. The lowest BCUT2D eigenvalue weighted by Crippen LogP contribution is -2.00. The van der Waals surface area contributed by atoms with Crippen molar-refractivity contribution in [3.8, 4) is 0 Å². The van der Waals surface area contributed by atoms with Crippen LogP contribution in [0.4, 0.5) is 0 Å². The normalized spacial score (nSPS) is 12.0. The Morgan fingerprint density at radius 1 is 1.20 bits per heavy atom. The van der Waals surface area contributed by atoms with Crippen molar-refractivity contribution in [1.29, 1.82) is 0 Å². The van der Waals surface area contributed by atoms with E-state index in [1.165, 1.54) is 0 Å². The van der Waals surface area contributed by atoms with Gasteiger partial charge < -0.3 is 0 Å². The summed E-state index contributed by atoms with van der Waals surface area (Å²) < 4.78 is 23.6. The molecule has 0 atom stereocenters. The molecule has 0 saturated carbocycles. The molecule has 0 aromatic heterocycles. The van der Waals surface area contributed by atoms with E-state index in [9.17, 15) is 8.42 Å². The first-order valence-corrected chi connectivity index (χ1v) is 7.86. The van der Waals surface area contributed by atoms with Crippen molar-refractivity contribution in [3.05, 3.63) is 29.8 Å².